The van der Waals surface area contributed by atoms with Crippen LogP contribution in [0.5, 0.6) is 5.75 Å². The minimum absolute atomic E-state index is 0.404. The maximum absolute atomic E-state index is 10.2. The van der Waals surface area contributed by atoms with Gasteiger partial charge >= 0.3 is 0 Å². The summed E-state index contributed by atoms with van der Waals surface area (Å²) in [5.41, 5.74) is 1.96. The Kier molecular flexibility index (Phi) is 6.22. The Morgan fingerprint density at radius 1 is 1.19 bits per heavy atom. The minimum atomic E-state index is -0.404. The van der Waals surface area contributed by atoms with Crippen LogP contribution in [-0.2, 0) is 6.61 Å². The molecule has 1 atom stereocenters. The van der Waals surface area contributed by atoms with Crippen molar-refractivity contribution in [1.29, 1.82) is 0 Å². The maximum Gasteiger partial charge on any atom is 0.120 e. The lowest BCUT2D eigenvalue weighted by molar-refractivity contribution is 0.163. The van der Waals surface area contributed by atoms with Gasteiger partial charge < -0.3 is 9.84 Å². The van der Waals surface area contributed by atoms with E-state index in [1.54, 1.807) is 12.4 Å². The Morgan fingerprint density at radius 3 is 2.86 bits per heavy atom. The predicted octanol–water partition coefficient (Wildman–Crippen LogP) is 4.27. The second-order valence-electron chi connectivity index (χ2n) is 5.23. The van der Waals surface area contributed by atoms with Crippen molar-refractivity contribution >= 4 is 0 Å². The summed E-state index contributed by atoms with van der Waals surface area (Å²) in [4.78, 5) is 4.06. The number of aliphatic hydroxyl groups excluding tert-OH is 1. The molecule has 1 aromatic carbocycles. The van der Waals surface area contributed by atoms with Crippen LogP contribution in [0.25, 0.3) is 0 Å². The molecular formula is C18H23NO2. The van der Waals surface area contributed by atoms with E-state index < -0.39 is 6.10 Å². The largest absolute Gasteiger partial charge is 0.489 e. The summed E-state index contributed by atoms with van der Waals surface area (Å²) < 4.78 is 5.76. The highest BCUT2D eigenvalue weighted by molar-refractivity contribution is 5.30. The van der Waals surface area contributed by atoms with E-state index in [1.807, 2.05) is 36.4 Å². The van der Waals surface area contributed by atoms with E-state index in [0.29, 0.717) is 6.61 Å². The minimum Gasteiger partial charge on any atom is -0.489 e. The van der Waals surface area contributed by atoms with Gasteiger partial charge in [-0.2, -0.15) is 0 Å². The van der Waals surface area contributed by atoms with Crippen LogP contribution in [0, 0.1) is 0 Å². The Balaban J connectivity index is 1.91. The number of aromatic nitrogens is 1. The third-order valence-corrected chi connectivity index (χ3v) is 3.45. The second kappa shape index (κ2) is 8.42. The highest BCUT2D eigenvalue weighted by Crippen LogP contribution is 2.24. The van der Waals surface area contributed by atoms with Crippen LogP contribution in [0.2, 0.25) is 0 Å². The van der Waals surface area contributed by atoms with E-state index in [1.165, 1.54) is 6.42 Å². The molecule has 3 heteroatoms. The van der Waals surface area contributed by atoms with Crippen LogP contribution in [0.15, 0.2) is 48.8 Å². The van der Waals surface area contributed by atoms with E-state index >= 15 is 0 Å². The summed E-state index contributed by atoms with van der Waals surface area (Å²) in [5, 5.41) is 10.2. The zero-order valence-corrected chi connectivity index (χ0v) is 12.5. The molecule has 1 aromatic heterocycles. The molecule has 112 valence electrons. The third kappa shape index (κ3) is 5.20. The van der Waals surface area contributed by atoms with Gasteiger partial charge in [0.2, 0.25) is 0 Å². The molecule has 0 radical (unpaired) electrons. The number of unbranched alkanes of at least 4 members (excludes halogenated alkanes) is 2. The average Bonchev–Trinajstić information content (AvgIpc) is 2.54. The Bertz CT molecular complexity index is 528. The third-order valence-electron chi connectivity index (χ3n) is 3.45. The molecule has 3 nitrogen and oxygen atoms in total. The van der Waals surface area contributed by atoms with Crippen molar-refractivity contribution in [2.24, 2.45) is 0 Å². The van der Waals surface area contributed by atoms with Crippen molar-refractivity contribution < 1.29 is 9.84 Å². The molecule has 0 saturated carbocycles. The summed E-state index contributed by atoms with van der Waals surface area (Å²) in [6.45, 7) is 2.66. The number of hydrogen-bond donors (Lipinski definition) is 1. The van der Waals surface area contributed by atoms with Crippen LogP contribution in [0.3, 0.4) is 0 Å². The van der Waals surface area contributed by atoms with Gasteiger partial charge in [0.25, 0.3) is 0 Å². The number of aliphatic hydroxyl groups is 1. The van der Waals surface area contributed by atoms with Gasteiger partial charge in [-0.1, -0.05) is 44.4 Å². The van der Waals surface area contributed by atoms with Crippen LogP contribution < -0.4 is 4.74 Å². The fraction of sp³-hybridized carbons (Fsp3) is 0.389. The standard InChI is InChI=1S/C18H23NO2/c1-2-3-4-10-18(20)16-8-5-9-17(12-16)21-14-15-7-6-11-19-13-15/h5-9,11-13,18,20H,2-4,10,14H2,1H3/t18-/m1/s1. The van der Waals surface area contributed by atoms with Gasteiger partial charge in [-0.05, 0) is 30.2 Å². The molecule has 2 rings (SSSR count). The number of rotatable bonds is 8. The topological polar surface area (TPSA) is 42.4 Å². The van der Waals surface area contributed by atoms with E-state index in [0.717, 1.165) is 36.1 Å². The van der Waals surface area contributed by atoms with E-state index in [9.17, 15) is 5.11 Å². The van der Waals surface area contributed by atoms with E-state index in [4.69, 9.17) is 4.74 Å². The fourth-order valence-electron chi connectivity index (χ4n) is 2.22. The van der Waals surface area contributed by atoms with Gasteiger partial charge in [-0.15, -0.1) is 0 Å². The molecule has 0 unspecified atom stereocenters. The van der Waals surface area contributed by atoms with Gasteiger partial charge in [0.15, 0.2) is 0 Å². The molecule has 0 saturated heterocycles. The maximum atomic E-state index is 10.2. The summed E-state index contributed by atoms with van der Waals surface area (Å²) >= 11 is 0. The number of ether oxygens (including phenoxy) is 1. The monoisotopic (exact) mass is 285 g/mol. The van der Waals surface area contributed by atoms with Gasteiger partial charge in [-0.25, -0.2) is 0 Å². The van der Waals surface area contributed by atoms with Crippen molar-refractivity contribution in [3.63, 3.8) is 0 Å². The number of hydrogen-bond acceptors (Lipinski definition) is 3. The second-order valence-corrected chi connectivity index (χ2v) is 5.23. The van der Waals surface area contributed by atoms with Gasteiger partial charge in [0.05, 0.1) is 6.10 Å². The molecule has 0 bridgehead atoms. The molecule has 0 amide bonds. The SMILES string of the molecule is CCCCC[C@@H](O)c1cccc(OCc2cccnc2)c1. The number of benzene rings is 1. The molecule has 0 fully saturated rings. The Hall–Kier alpha value is -1.87. The van der Waals surface area contributed by atoms with Crippen LogP contribution >= 0.6 is 0 Å². The lowest BCUT2D eigenvalue weighted by Gasteiger charge is -2.13. The normalized spacial score (nSPS) is 12.1. The fourth-order valence-corrected chi connectivity index (χ4v) is 2.22. The average molecular weight is 285 g/mol. The van der Waals surface area contributed by atoms with Crippen LogP contribution in [0.1, 0.15) is 49.8 Å². The molecular weight excluding hydrogens is 262 g/mol. The molecule has 21 heavy (non-hydrogen) atoms. The summed E-state index contributed by atoms with van der Waals surface area (Å²) in [7, 11) is 0. The summed E-state index contributed by atoms with van der Waals surface area (Å²) in [6.07, 6.45) is 7.33. The molecule has 0 spiro atoms. The summed E-state index contributed by atoms with van der Waals surface area (Å²) in [6, 6.07) is 11.6. The summed E-state index contributed by atoms with van der Waals surface area (Å²) in [5.74, 6) is 0.783. The highest BCUT2D eigenvalue weighted by atomic mass is 16.5. The highest BCUT2D eigenvalue weighted by Gasteiger charge is 2.08. The molecule has 0 aliphatic carbocycles. The predicted molar refractivity (Wildman–Crippen MR) is 84.1 cm³/mol. The molecule has 0 aliphatic rings. The Labute approximate surface area is 126 Å². The zero-order chi connectivity index (χ0) is 14.9. The Morgan fingerprint density at radius 2 is 2.10 bits per heavy atom. The van der Waals surface area contributed by atoms with Crippen molar-refractivity contribution in [2.75, 3.05) is 0 Å². The number of nitrogens with zero attached hydrogens (tertiary/aromatic N) is 1. The lowest BCUT2D eigenvalue weighted by Crippen LogP contribution is -2.00. The molecule has 1 heterocycles. The van der Waals surface area contributed by atoms with Crippen molar-refractivity contribution in [3.8, 4) is 5.75 Å². The van der Waals surface area contributed by atoms with Gasteiger partial charge in [0, 0.05) is 18.0 Å². The quantitative estimate of drug-likeness (QED) is 0.736. The first-order valence-corrected chi connectivity index (χ1v) is 7.59. The first-order valence-electron chi connectivity index (χ1n) is 7.59. The van der Waals surface area contributed by atoms with Gasteiger partial charge in [-0.3, -0.25) is 4.98 Å². The smallest absolute Gasteiger partial charge is 0.120 e. The van der Waals surface area contributed by atoms with Crippen molar-refractivity contribution in [3.05, 3.63) is 59.9 Å². The first kappa shape index (κ1) is 15.5. The molecule has 0 aliphatic heterocycles. The van der Waals surface area contributed by atoms with E-state index in [2.05, 4.69) is 11.9 Å². The van der Waals surface area contributed by atoms with Crippen LogP contribution in [0.4, 0.5) is 0 Å². The lowest BCUT2D eigenvalue weighted by atomic mass is 10.0. The molecule has 2 aromatic rings. The van der Waals surface area contributed by atoms with E-state index in [-0.39, 0.29) is 0 Å². The number of pyridine rings is 1. The van der Waals surface area contributed by atoms with Crippen molar-refractivity contribution in [1.82, 2.24) is 4.98 Å². The zero-order valence-electron chi connectivity index (χ0n) is 12.5. The van der Waals surface area contributed by atoms with Crippen molar-refractivity contribution in [2.45, 2.75) is 45.3 Å². The molecule has 1 N–H and O–H groups in total. The van der Waals surface area contributed by atoms with Gasteiger partial charge in [0.1, 0.15) is 12.4 Å². The van der Waals surface area contributed by atoms with Crippen LogP contribution in [-0.4, -0.2) is 10.1 Å². The first-order chi connectivity index (χ1) is 10.3.